The summed E-state index contributed by atoms with van der Waals surface area (Å²) in [4.78, 5) is 41.5. The summed E-state index contributed by atoms with van der Waals surface area (Å²) in [5.41, 5.74) is 6.33. The average Bonchev–Trinajstić information content (AvgIpc) is 3.47. The molecular weight excluding hydrogens is 496 g/mol. The number of hydrogen-bond donors (Lipinski definition) is 2. The number of pyridine rings is 1. The van der Waals surface area contributed by atoms with Crippen LogP contribution in [0, 0.1) is 6.92 Å². The van der Waals surface area contributed by atoms with E-state index >= 15 is 0 Å². The number of rotatable bonds is 7. The van der Waals surface area contributed by atoms with E-state index in [-0.39, 0.29) is 38.8 Å². The van der Waals surface area contributed by atoms with E-state index in [4.69, 9.17) is 10.5 Å². The largest absolute Gasteiger partial charge is 0.461 e. The number of ether oxygens (including phenoxy) is 1. The molecule has 0 fully saturated rings. The highest BCUT2D eigenvalue weighted by atomic mass is 32.1. The van der Waals surface area contributed by atoms with Crippen molar-refractivity contribution in [2.24, 2.45) is 19.8 Å². The Morgan fingerprint density at radius 2 is 1.92 bits per heavy atom. The number of alkyl halides is 2. The molecule has 0 saturated carbocycles. The summed E-state index contributed by atoms with van der Waals surface area (Å²) in [6.45, 7) is 3.48. The molecule has 0 aliphatic rings. The van der Waals surface area contributed by atoms with E-state index in [9.17, 15) is 23.2 Å². The molecule has 0 spiro atoms. The number of halogens is 2. The first-order chi connectivity index (χ1) is 17.0. The second kappa shape index (κ2) is 9.45. The third-order valence-corrected chi connectivity index (χ3v) is 6.37. The first kappa shape index (κ1) is 24.9. The van der Waals surface area contributed by atoms with E-state index in [1.54, 1.807) is 27.1 Å². The average molecular weight is 518 g/mol. The zero-order valence-electron chi connectivity index (χ0n) is 19.6. The van der Waals surface area contributed by atoms with Gasteiger partial charge in [-0.2, -0.15) is 10.2 Å². The van der Waals surface area contributed by atoms with Crippen molar-refractivity contribution in [1.82, 2.24) is 24.5 Å². The summed E-state index contributed by atoms with van der Waals surface area (Å²) in [5, 5.41) is 11.2. The second-order valence-corrected chi connectivity index (χ2v) is 8.76. The zero-order chi connectivity index (χ0) is 26.3. The van der Waals surface area contributed by atoms with Crippen LogP contribution in [-0.4, -0.2) is 48.9 Å². The lowest BCUT2D eigenvalue weighted by Gasteiger charge is -2.10. The summed E-state index contributed by atoms with van der Waals surface area (Å²) in [6, 6.07) is 2.44. The Balaban J connectivity index is 1.89. The molecule has 36 heavy (non-hydrogen) atoms. The summed E-state index contributed by atoms with van der Waals surface area (Å²) in [7, 11) is 3.15. The topological polar surface area (TPSA) is 147 Å². The van der Waals surface area contributed by atoms with Gasteiger partial charge in [0, 0.05) is 37.3 Å². The first-order valence-electron chi connectivity index (χ1n) is 10.6. The van der Waals surface area contributed by atoms with Gasteiger partial charge in [-0.1, -0.05) is 0 Å². The van der Waals surface area contributed by atoms with Gasteiger partial charge in [-0.25, -0.2) is 18.6 Å². The number of aromatic nitrogens is 5. The van der Waals surface area contributed by atoms with Crippen molar-refractivity contribution < 1.29 is 27.9 Å². The molecule has 0 aliphatic heterocycles. The molecule has 4 rings (SSSR count). The Hall–Kier alpha value is -4.20. The van der Waals surface area contributed by atoms with Gasteiger partial charge in [-0.3, -0.25) is 19.0 Å². The number of nitrogens with one attached hydrogen (secondary N) is 1. The number of thiophene rings is 1. The number of amides is 2. The number of aryl methyl sites for hydroxylation is 3. The molecule has 188 valence electrons. The Labute approximate surface area is 206 Å². The molecule has 0 aliphatic carbocycles. The van der Waals surface area contributed by atoms with Crippen molar-refractivity contribution >= 4 is 45.0 Å². The smallest absolute Gasteiger partial charge is 0.356 e. The quantitative estimate of drug-likeness (QED) is 0.358. The SMILES string of the molecule is CCOC(=O)c1cc(C(=O)Nc2c(C(N)=O)sc3nc(C(F)F)cc(-c4cn(C)nc4C)c23)nn1C. The monoisotopic (exact) mass is 517 g/mol. The highest BCUT2D eigenvalue weighted by Gasteiger charge is 2.27. The van der Waals surface area contributed by atoms with E-state index in [0.717, 1.165) is 11.3 Å². The highest BCUT2D eigenvalue weighted by Crippen LogP contribution is 2.43. The first-order valence-corrected chi connectivity index (χ1v) is 11.4. The van der Waals surface area contributed by atoms with Crippen LogP contribution in [0.15, 0.2) is 18.3 Å². The fourth-order valence-electron chi connectivity index (χ4n) is 3.75. The van der Waals surface area contributed by atoms with E-state index in [1.807, 2.05) is 0 Å². The number of carbonyl (C=O) groups is 3. The lowest BCUT2D eigenvalue weighted by Crippen LogP contribution is -2.17. The number of nitrogens with zero attached hydrogens (tertiary/aromatic N) is 5. The Morgan fingerprint density at radius 1 is 1.19 bits per heavy atom. The molecule has 4 aromatic heterocycles. The Bertz CT molecular complexity index is 1520. The molecule has 2 amide bonds. The third-order valence-electron chi connectivity index (χ3n) is 5.27. The molecular formula is C22H21F2N7O4S. The van der Waals surface area contributed by atoms with Crippen LogP contribution >= 0.6 is 11.3 Å². The molecule has 3 N–H and O–H groups in total. The summed E-state index contributed by atoms with van der Waals surface area (Å²) < 4.78 is 35.0. The summed E-state index contributed by atoms with van der Waals surface area (Å²) in [5.74, 6) is -2.30. The predicted octanol–water partition coefficient (Wildman–Crippen LogP) is 3.20. The lowest BCUT2D eigenvalue weighted by molar-refractivity contribution is 0.0513. The van der Waals surface area contributed by atoms with Gasteiger partial charge in [0.1, 0.15) is 21.1 Å². The van der Waals surface area contributed by atoms with Crippen molar-refractivity contribution in [2.75, 3.05) is 11.9 Å². The van der Waals surface area contributed by atoms with Crippen molar-refractivity contribution in [1.29, 1.82) is 0 Å². The van der Waals surface area contributed by atoms with Gasteiger partial charge in [0.05, 0.1) is 18.0 Å². The van der Waals surface area contributed by atoms with Gasteiger partial charge >= 0.3 is 5.97 Å². The Kier molecular flexibility index (Phi) is 6.54. The van der Waals surface area contributed by atoms with Gasteiger partial charge in [0.25, 0.3) is 18.2 Å². The van der Waals surface area contributed by atoms with Crippen molar-refractivity contribution in [3.8, 4) is 11.1 Å². The third kappa shape index (κ3) is 4.42. The van der Waals surface area contributed by atoms with Crippen LogP contribution in [0.3, 0.4) is 0 Å². The lowest BCUT2D eigenvalue weighted by atomic mass is 10.0. The van der Waals surface area contributed by atoms with Crippen LogP contribution in [-0.2, 0) is 18.8 Å². The number of anilines is 1. The normalized spacial score (nSPS) is 11.3. The molecule has 14 heteroatoms. The number of nitrogens with two attached hydrogens (primary N) is 1. The van der Waals surface area contributed by atoms with Crippen LogP contribution in [0.5, 0.6) is 0 Å². The zero-order valence-corrected chi connectivity index (χ0v) is 20.4. The van der Waals surface area contributed by atoms with Gasteiger partial charge < -0.3 is 15.8 Å². The van der Waals surface area contributed by atoms with E-state index < -0.39 is 29.9 Å². The second-order valence-electron chi connectivity index (χ2n) is 7.76. The highest BCUT2D eigenvalue weighted by molar-refractivity contribution is 7.21. The molecule has 0 radical (unpaired) electrons. The van der Waals surface area contributed by atoms with Gasteiger partial charge in [0.15, 0.2) is 5.69 Å². The number of primary amides is 1. The van der Waals surface area contributed by atoms with Crippen LogP contribution < -0.4 is 11.1 Å². The van der Waals surface area contributed by atoms with Crippen molar-refractivity contribution in [2.45, 2.75) is 20.3 Å². The minimum absolute atomic E-state index is 0.00223. The molecule has 11 nitrogen and oxygen atoms in total. The van der Waals surface area contributed by atoms with E-state index in [1.165, 1.54) is 28.5 Å². The number of carbonyl (C=O) groups excluding carboxylic acids is 3. The predicted molar refractivity (Wildman–Crippen MR) is 127 cm³/mol. The molecule has 0 unspecified atom stereocenters. The van der Waals surface area contributed by atoms with Crippen LogP contribution in [0.1, 0.15) is 55.4 Å². The van der Waals surface area contributed by atoms with Crippen LogP contribution in [0.4, 0.5) is 14.5 Å². The van der Waals surface area contributed by atoms with Crippen molar-refractivity contribution in [3.63, 3.8) is 0 Å². The minimum atomic E-state index is -2.88. The van der Waals surface area contributed by atoms with Crippen molar-refractivity contribution in [3.05, 3.63) is 46.0 Å². The fourth-order valence-corrected chi connectivity index (χ4v) is 4.76. The summed E-state index contributed by atoms with van der Waals surface area (Å²) in [6.07, 6.45) is -1.24. The number of fused-ring (bicyclic) bond motifs is 1. The summed E-state index contributed by atoms with van der Waals surface area (Å²) >= 11 is 0.781. The Morgan fingerprint density at radius 3 is 2.50 bits per heavy atom. The maximum atomic E-state index is 13.7. The molecule has 0 aromatic carbocycles. The maximum absolute atomic E-state index is 13.7. The fraction of sp³-hybridized carbons (Fsp3) is 0.273. The standard InChI is InChI=1S/C22H21F2N7O4S/c1-5-35-22(34)14-7-13(29-31(14)4)20(33)27-16-15-10(11-8-30(3)28-9(11)2)6-12(18(23)24)26-21(15)36-17(16)19(25)32/h6-8,18H,5H2,1-4H3,(H2,25,32)(H,27,33). The van der Waals surface area contributed by atoms with Crippen LogP contribution in [0.25, 0.3) is 21.3 Å². The maximum Gasteiger partial charge on any atom is 0.356 e. The molecule has 0 atom stereocenters. The van der Waals surface area contributed by atoms with Crippen LogP contribution in [0.2, 0.25) is 0 Å². The number of hydrogen-bond acceptors (Lipinski definition) is 8. The number of esters is 1. The minimum Gasteiger partial charge on any atom is -0.461 e. The van der Waals surface area contributed by atoms with Gasteiger partial charge in [0.2, 0.25) is 0 Å². The van der Waals surface area contributed by atoms with E-state index in [0.29, 0.717) is 16.8 Å². The van der Waals surface area contributed by atoms with Gasteiger partial charge in [-0.15, -0.1) is 11.3 Å². The van der Waals surface area contributed by atoms with E-state index in [2.05, 4.69) is 20.5 Å². The molecule has 4 aromatic rings. The molecule has 0 bridgehead atoms. The molecule has 4 heterocycles. The molecule has 0 saturated heterocycles. The van der Waals surface area contributed by atoms with Gasteiger partial charge in [-0.05, 0) is 25.5 Å².